The maximum absolute atomic E-state index is 2.68. The normalized spacial score (nSPS) is 13.5. The highest BCUT2D eigenvalue weighted by Crippen LogP contribution is 2.51. The quantitative estimate of drug-likeness (QED) is 0.126. The van der Waals surface area contributed by atoms with Crippen molar-refractivity contribution in [2.45, 2.75) is 105 Å². The molecule has 105 heavy (non-hydrogen) atoms. The number of anilines is 6. The van der Waals surface area contributed by atoms with Gasteiger partial charge in [-0.15, -0.1) is 0 Å². The van der Waals surface area contributed by atoms with Gasteiger partial charge in [-0.25, -0.2) is 0 Å². The molecule has 0 radical (unpaired) electrons. The van der Waals surface area contributed by atoms with Crippen LogP contribution in [-0.2, 0) is 21.7 Å². The summed E-state index contributed by atoms with van der Waals surface area (Å²) in [6.07, 6.45) is 0. The average molecular weight is 1350 g/mol. The van der Waals surface area contributed by atoms with Gasteiger partial charge in [0.25, 0.3) is 6.71 Å². The first-order chi connectivity index (χ1) is 50.6. The summed E-state index contributed by atoms with van der Waals surface area (Å²) < 4.78 is 5.16. The first kappa shape index (κ1) is 63.1. The van der Waals surface area contributed by atoms with E-state index in [4.69, 9.17) is 0 Å². The Kier molecular flexibility index (Phi) is 13.5. The maximum Gasteiger partial charge on any atom is 0.252 e. The van der Waals surface area contributed by atoms with Crippen molar-refractivity contribution in [1.29, 1.82) is 0 Å². The molecule has 0 atom stereocenters. The molecule has 2 aliphatic rings. The van der Waals surface area contributed by atoms with Gasteiger partial charge < -0.3 is 18.9 Å². The second-order valence-electron chi connectivity index (χ2n) is 34.1. The van der Waals surface area contributed by atoms with Gasteiger partial charge in [-0.2, -0.15) is 0 Å². The summed E-state index contributed by atoms with van der Waals surface area (Å²) in [5, 5.41) is 20.0. The van der Waals surface area contributed by atoms with E-state index in [2.05, 4.69) is 387 Å². The number of hydrogen-bond acceptors (Lipinski definition) is 2. The van der Waals surface area contributed by atoms with Gasteiger partial charge in [0.05, 0.1) is 27.8 Å². The second-order valence-corrected chi connectivity index (χ2v) is 34.1. The van der Waals surface area contributed by atoms with Crippen LogP contribution in [0.25, 0.3) is 131 Å². The number of rotatable bonds is 5. The predicted molar refractivity (Wildman–Crippen MR) is 454 cm³/mol. The Hall–Kier alpha value is -11.7. The summed E-state index contributed by atoms with van der Waals surface area (Å²) in [4.78, 5) is 5.32. The Bertz CT molecular complexity index is 6560. The topological polar surface area (TPSA) is 16.3 Å². The minimum Gasteiger partial charge on any atom is -0.311 e. The van der Waals surface area contributed by atoms with Crippen LogP contribution in [0.3, 0.4) is 0 Å². The molecule has 0 fully saturated rings. The van der Waals surface area contributed by atoms with E-state index in [9.17, 15) is 0 Å². The summed E-state index contributed by atoms with van der Waals surface area (Å²) in [6, 6.07) is 111. The lowest BCUT2D eigenvalue weighted by atomic mass is 9.33. The molecule has 0 amide bonds. The van der Waals surface area contributed by atoms with E-state index in [1.165, 1.54) is 158 Å². The van der Waals surface area contributed by atoms with Crippen LogP contribution in [-0.4, -0.2) is 15.8 Å². The molecule has 0 N–H and O–H groups in total. The maximum atomic E-state index is 2.68. The van der Waals surface area contributed by atoms with Gasteiger partial charge in [-0.3, -0.25) is 0 Å². The Balaban J connectivity index is 0.949. The number of aromatic nitrogens is 2. The fourth-order valence-electron chi connectivity index (χ4n) is 18.1. The minimum atomic E-state index is -0.210. The molecule has 2 aromatic heterocycles. The standard InChI is InChI=1S/C100H83BN4/c1-97(2,3)62-35-46-88-82(51-62)83-52-63(98(4,5)6)36-47-89(83)102(88)68-41-44-86-93(57-68)104(67-40-43-79-75-31-19-17-27-71(75)73-29-21-23-33-77(73)81(79)56-67)95-59-69(105-90-48-37-64(99(7,8)9)53-84(90)85-54-65(100(10,11)12)38-49-91(85)105)58-94-96(95)101(86)87-50-61(60-24-14-13-15-25-60)34-45-92(87)103(94)66-39-42-78-74-30-18-16-26-70(74)72-28-20-22-32-76(72)80(78)55-66/h13-59H,1-12H3. The number of hydrogen-bond donors (Lipinski definition) is 0. The van der Waals surface area contributed by atoms with E-state index >= 15 is 0 Å². The van der Waals surface area contributed by atoms with E-state index < -0.39 is 0 Å². The van der Waals surface area contributed by atoms with Crippen molar-refractivity contribution in [3.05, 3.63) is 307 Å². The lowest BCUT2D eigenvalue weighted by molar-refractivity contribution is 0.590. The fraction of sp³-hybridized carbons (Fsp3) is 0.160. The molecule has 4 heterocycles. The van der Waals surface area contributed by atoms with Crippen molar-refractivity contribution in [3.8, 4) is 22.5 Å². The third-order valence-electron chi connectivity index (χ3n) is 23.6. The summed E-state index contributed by atoms with van der Waals surface area (Å²) >= 11 is 0. The Morgan fingerprint density at radius 3 is 0.933 bits per heavy atom. The van der Waals surface area contributed by atoms with Crippen LogP contribution >= 0.6 is 0 Å². The van der Waals surface area contributed by atoms with Crippen LogP contribution in [0.2, 0.25) is 0 Å². The van der Waals surface area contributed by atoms with Crippen molar-refractivity contribution in [2.24, 2.45) is 0 Å². The molecule has 506 valence electrons. The summed E-state index contributed by atoms with van der Waals surface area (Å²) in [7, 11) is 0. The fourth-order valence-corrected chi connectivity index (χ4v) is 18.1. The average Bonchev–Trinajstić information content (AvgIpc) is 1.13. The van der Waals surface area contributed by atoms with Gasteiger partial charge in [-0.1, -0.05) is 265 Å². The lowest BCUT2D eigenvalue weighted by Crippen LogP contribution is -2.61. The van der Waals surface area contributed by atoms with Gasteiger partial charge in [-0.05, 0) is 239 Å². The third kappa shape index (κ3) is 9.59. The Morgan fingerprint density at radius 2 is 0.543 bits per heavy atom. The molecule has 5 heteroatoms. The SMILES string of the molecule is CC(C)(C)c1ccc2c(c1)c1cc(C(C)(C)C)ccc1n2-c1ccc2c(c1)N(c1ccc3c4ccccc4c4ccccc4c3c1)c1cc(-n3c4ccc(C(C)(C)C)cc4c4cc(C(C)(C)C)ccc43)cc3c1B2c1cc(-c2ccccc2)ccc1N3c1ccc2c3ccccc3c3ccccc3c2c1. The van der Waals surface area contributed by atoms with Gasteiger partial charge >= 0.3 is 0 Å². The van der Waals surface area contributed by atoms with Crippen LogP contribution in [0.5, 0.6) is 0 Å². The predicted octanol–water partition coefficient (Wildman–Crippen LogP) is 25.7. The number of fused-ring (bicyclic) bond motifs is 22. The van der Waals surface area contributed by atoms with Gasteiger partial charge in [0.2, 0.25) is 0 Å². The van der Waals surface area contributed by atoms with Gasteiger partial charge in [0.1, 0.15) is 0 Å². The zero-order valence-electron chi connectivity index (χ0n) is 62.0. The molecule has 2 aliphatic heterocycles. The zero-order chi connectivity index (χ0) is 71.5. The van der Waals surface area contributed by atoms with Crippen LogP contribution in [0.4, 0.5) is 34.1 Å². The summed E-state index contributed by atoms with van der Waals surface area (Å²) in [5.74, 6) is 0. The van der Waals surface area contributed by atoms with Gasteiger partial charge in [0.15, 0.2) is 0 Å². The van der Waals surface area contributed by atoms with E-state index in [1.807, 2.05) is 0 Å². The molecule has 0 bridgehead atoms. The van der Waals surface area contributed by atoms with Crippen LogP contribution in [0.15, 0.2) is 285 Å². The van der Waals surface area contributed by atoms with Crippen LogP contribution < -0.4 is 26.2 Å². The first-order valence-corrected chi connectivity index (χ1v) is 37.6. The highest BCUT2D eigenvalue weighted by Gasteiger charge is 2.45. The van der Waals surface area contributed by atoms with E-state index in [0.717, 1.165) is 45.5 Å². The smallest absolute Gasteiger partial charge is 0.252 e. The van der Waals surface area contributed by atoms with E-state index in [1.54, 1.807) is 0 Å². The largest absolute Gasteiger partial charge is 0.311 e. The molecule has 4 nitrogen and oxygen atoms in total. The molecule has 0 spiro atoms. The molecule has 16 aromatic carbocycles. The molecular formula is C100H83BN4. The third-order valence-corrected chi connectivity index (χ3v) is 23.6. The Labute approximate surface area is 615 Å². The van der Waals surface area contributed by atoms with Crippen LogP contribution in [0, 0.1) is 0 Å². The first-order valence-electron chi connectivity index (χ1n) is 37.6. The highest BCUT2D eigenvalue weighted by molar-refractivity contribution is 7.00. The molecule has 0 saturated carbocycles. The lowest BCUT2D eigenvalue weighted by Gasteiger charge is -2.45. The van der Waals surface area contributed by atoms with Crippen molar-refractivity contribution >= 4 is 165 Å². The zero-order valence-corrected chi connectivity index (χ0v) is 62.0. The molecule has 18 aromatic rings. The summed E-state index contributed by atoms with van der Waals surface area (Å²) in [5.41, 5.74) is 24.9. The highest BCUT2D eigenvalue weighted by atomic mass is 15.2. The molecule has 0 unspecified atom stereocenters. The van der Waals surface area contributed by atoms with E-state index in [0.29, 0.717) is 0 Å². The van der Waals surface area contributed by atoms with E-state index in [-0.39, 0.29) is 28.4 Å². The van der Waals surface area contributed by atoms with Crippen molar-refractivity contribution in [1.82, 2.24) is 9.13 Å². The minimum absolute atomic E-state index is 0.0487. The molecular weight excluding hydrogens is 1270 g/mol. The van der Waals surface area contributed by atoms with Crippen molar-refractivity contribution in [2.75, 3.05) is 9.80 Å². The van der Waals surface area contributed by atoms with Crippen molar-refractivity contribution in [3.63, 3.8) is 0 Å². The molecule has 20 rings (SSSR count). The molecule has 0 saturated heterocycles. The Morgan fingerprint density at radius 1 is 0.210 bits per heavy atom. The second kappa shape index (κ2) is 22.4. The number of nitrogens with zero attached hydrogens (tertiary/aromatic N) is 4. The monoisotopic (exact) mass is 1350 g/mol. The van der Waals surface area contributed by atoms with Crippen molar-refractivity contribution < 1.29 is 0 Å². The molecule has 0 aliphatic carbocycles. The van der Waals surface area contributed by atoms with Gasteiger partial charge in [0, 0.05) is 61.4 Å². The number of benzene rings is 16. The van der Waals surface area contributed by atoms with Crippen LogP contribution in [0.1, 0.15) is 105 Å². The summed E-state index contributed by atoms with van der Waals surface area (Å²) in [6.45, 7) is 27.9.